The van der Waals surface area contributed by atoms with Gasteiger partial charge in [0.1, 0.15) is 6.04 Å². The number of pyridine rings is 1. The van der Waals surface area contributed by atoms with Crippen molar-refractivity contribution >= 4 is 21.6 Å². The summed E-state index contributed by atoms with van der Waals surface area (Å²) >= 11 is 0. The number of aromatic nitrogens is 1. The zero-order chi connectivity index (χ0) is 32.1. The fourth-order valence-corrected chi connectivity index (χ4v) is 7.15. The molecule has 234 valence electrons. The fourth-order valence-electron chi connectivity index (χ4n) is 5.42. The minimum atomic E-state index is -4.40. The van der Waals surface area contributed by atoms with Crippen molar-refractivity contribution in [3.8, 4) is 28.5 Å². The molecule has 45 heavy (non-hydrogen) atoms. The van der Waals surface area contributed by atoms with Crippen LogP contribution in [-0.4, -0.2) is 73.9 Å². The summed E-state index contributed by atoms with van der Waals surface area (Å²) < 4.78 is 45.3. The summed E-state index contributed by atoms with van der Waals surface area (Å²) in [5.41, 5.74) is 2.31. The third-order valence-electron chi connectivity index (χ3n) is 7.61. The molecular weight excluding hydrogens is 600 g/mol. The number of para-hydroxylation sites is 1. The molecule has 1 aliphatic heterocycles. The van der Waals surface area contributed by atoms with Crippen molar-refractivity contribution in [3.05, 3.63) is 106 Å². The summed E-state index contributed by atoms with van der Waals surface area (Å²) in [6, 6.07) is 20.3. The number of nitrogens with zero attached hydrogens (tertiary/aromatic N) is 4. The maximum absolute atomic E-state index is 14.1. The Morgan fingerprint density at radius 1 is 0.889 bits per heavy atom. The van der Waals surface area contributed by atoms with Gasteiger partial charge in [0.25, 0.3) is 15.7 Å². The first-order valence-corrected chi connectivity index (χ1v) is 15.4. The molecule has 1 aromatic heterocycles. The van der Waals surface area contributed by atoms with Gasteiger partial charge in [-0.2, -0.15) is 4.31 Å². The highest BCUT2D eigenvalue weighted by molar-refractivity contribution is 7.89. The lowest BCUT2D eigenvalue weighted by Crippen LogP contribution is -2.59. The van der Waals surface area contributed by atoms with Crippen LogP contribution in [0.2, 0.25) is 0 Å². The van der Waals surface area contributed by atoms with E-state index in [0.29, 0.717) is 28.5 Å². The van der Waals surface area contributed by atoms with E-state index < -0.39 is 37.5 Å². The zero-order valence-corrected chi connectivity index (χ0v) is 25.8. The Balaban J connectivity index is 1.46. The quantitative estimate of drug-likeness (QED) is 0.175. The molecule has 4 aromatic rings. The number of rotatable bonds is 11. The van der Waals surface area contributed by atoms with E-state index in [4.69, 9.17) is 14.2 Å². The van der Waals surface area contributed by atoms with Crippen molar-refractivity contribution in [2.75, 3.05) is 34.4 Å². The minimum Gasteiger partial charge on any atom is -0.493 e. The van der Waals surface area contributed by atoms with E-state index in [1.807, 2.05) is 36.4 Å². The number of sulfonamides is 1. The molecule has 1 amide bonds. The number of carbonyl (C=O) groups excluding carboxylic acids is 1. The Labute approximate surface area is 261 Å². The number of methoxy groups -OCH3 is 3. The van der Waals surface area contributed by atoms with E-state index in [2.05, 4.69) is 4.98 Å². The van der Waals surface area contributed by atoms with Gasteiger partial charge in [0.2, 0.25) is 11.7 Å². The minimum absolute atomic E-state index is 0.0392. The van der Waals surface area contributed by atoms with Crippen LogP contribution in [0.15, 0.2) is 90.0 Å². The molecule has 2 heterocycles. The van der Waals surface area contributed by atoms with Crippen molar-refractivity contribution in [1.29, 1.82) is 0 Å². The van der Waals surface area contributed by atoms with Gasteiger partial charge in [0.15, 0.2) is 16.4 Å². The SMILES string of the molecule is COc1cc(-c2cc(CN3CCN(S(=O)(=O)c4ccccc4[N+](=O)[O-])[C@@H](Cc4ccccc4)C3=O)ccn2)cc(OC)c1OC. The highest BCUT2D eigenvalue weighted by atomic mass is 32.2. The average molecular weight is 633 g/mol. The highest BCUT2D eigenvalue weighted by Crippen LogP contribution is 2.41. The van der Waals surface area contributed by atoms with Crippen molar-refractivity contribution in [3.63, 3.8) is 0 Å². The first-order valence-electron chi connectivity index (χ1n) is 14.0. The Morgan fingerprint density at radius 3 is 2.20 bits per heavy atom. The van der Waals surface area contributed by atoms with Crippen molar-refractivity contribution < 1.29 is 32.3 Å². The number of carbonyl (C=O) groups is 1. The molecule has 0 saturated carbocycles. The maximum Gasteiger partial charge on any atom is 0.289 e. The van der Waals surface area contributed by atoms with Crippen molar-refractivity contribution in [2.45, 2.75) is 23.9 Å². The molecule has 3 aromatic carbocycles. The molecule has 0 aliphatic carbocycles. The number of hydrogen-bond donors (Lipinski definition) is 0. The lowest BCUT2D eigenvalue weighted by atomic mass is 10.0. The van der Waals surface area contributed by atoms with Crippen LogP contribution in [0.3, 0.4) is 0 Å². The van der Waals surface area contributed by atoms with Crippen LogP contribution in [-0.2, 0) is 27.8 Å². The van der Waals surface area contributed by atoms with E-state index in [-0.39, 0.29) is 26.1 Å². The second-order valence-electron chi connectivity index (χ2n) is 10.3. The third kappa shape index (κ3) is 6.44. The van der Waals surface area contributed by atoms with Crippen molar-refractivity contribution in [2.24, 2.45) is 0 Å². The maximum atomic E-state index is 14.1. The smallest absolute Gasteiger partial charge is 0.289 e. The molecule has 13 heteroatoms. The third-order valence-corrected chi connectivity index (χ3v) is 9.57. The Hall–Kier alpha value is -5.01. The molecule has 1 fully saturated rings. The summed E-state index contributed by atoms with van der Waals surface area (Å²) in [4.78, 5) is 30.7. The van der Waals surface area contributed by atoms with E-state index >= 15 is 0 Å². The zero-order valence-electron chi connectivity index (χ0n) is 25.0. The molecule has 5 rings (SSSR count). The van der Waals surface area contributed by atoms with Gasteiger partial charge >= 0.3 is 0 Å². The highest BCUT2D eigenvalue weighted by Gasteiger charge is 2.43. The summed E-state index contributed by atoms with van der Waals surface area (Å²) in [6.45, 7) is 0.248. The molecule has 1 aliphatic rings. The van der Waals surface area contributed by atoms with Crippen LogP contribution in [0.1, 0.15) is 11.1 Å². The lowest BCUT2D eigenvalue weighted by Gasteiger charge is -2.40. The molecule has 12 nitrogen and oxygen atoms in total. The van der Waals surface area contributed by atoms with Crippen LogP contribution in [0.5, 0.6) is 17.2 Å². The van der Waals surface area contributed by atoms with Crippen LogP contribution in [0, 0.1) is 10.1 Å². The fraction of sp³-hybridized carbons (Fsp3) is 0.250. The molecular formula is C32H32N4O8S. The largest absolute Gasteiger partial charge is 0.493 e. The summed E-state index contributed by atoms with van der Waals surface area (Å²) in [7, 11) is 0.175. The lowest BCUT2D eigenvalue weighted by molar-refractivity contribution is -0.387. The molecule has 0 spiro atoms. The van der Waals surface area contributed by atoms with Gasteiger partial charge < -0.3 is 19.1 Å². The first-order chi connectivity index (χ1) is 21.7. The topological polar surface area (TPSA) is 141 Å². The number of ether oxygens (including phenoxy) is 3. The van der Waals surface area contributed by atoms with Gasteiger partial charge in [-0.15, -0.1) is 0 Å². The van der Waals surface area contributed by atoms with Gasteiger partial charge in [-0.05, 0) is 47.9 Å². The van der Waals surface area contributed by atoms with E-state index in [1.54, 1.807) is 29.3 Å². The molecule has 1 saturated heterocycles. The first kappa shape index (κ1) is 31.4. The molecule has 1 atom stereocenters. The van der Waals surface area contributed by atoms with Gasteiger partial charge in [-0.3, -0.25) is 19.9 Å². The molecule has 0 bridgehead atoms. The van der Waals surface area contributed by atoms with Crippen LogP contribution >= 0.6 is 0 Å². The summed E-state index contributed by atoms with van der Waals surface area (Å²) in [6.07, 6.45) is 1.73. The van der Waals surface area contributed by atoms with E-state index in [0.717, 1.165) is 21.5 Å². The van der Waals surface area contributed by atoms with Crippen LogP contribution < -0.4 is 14.2 Å². The predicted octanol–water partition coefficient (Wildman–Crippen LogP) is 4.33. The average Bonchev–Trinajstić information content (AvgIpc) is 3.06. The standard InChI is InChI=1S/C32H32N4O8S/c1-42-28-19-24(20-29(43-2)31(28)44-3)25-17-23(13-14-33-25)21-34-15-16-35(27(32(34)37)18-22-9-5-4-6-10-22)45(40,41)30-12-8-7-11-26(30)36(38)39/h4-14,17,19-20,27H,15-16,18,21H2,1-3H3/t27-/m0/s1. The van der Waals surface area contributed by atoms with Gasteiger partial charge in [-0.25, -0.2) is 8.42 Å². The monoisotopic (exact) mass is 632 g/mol. The van der Waals surface area contributed by atoms with E-state index in [1.165, 1.54) is 39.5 Å². The normalized spacial score (nSPS) is 15.5. The Bertz CT molecular complexity index is 1790. The number of amides is 1. The predicted molar refractivity (Wildman–Crippen MR) is 166 cm³/mol. The Kier molecular flexibility index (Phi) is 9.30. The number of benzene rings is 3. The second kappa shape index (κ2) is 13.3. The number of hydrogen-bond acceptors (Lipinski definition) is 9. The molecule has 0 unspecified atom stereocenters. The molecule has 0 N–H and O–H groups in total. The van der Waals surface area contributed by atoms with Crippen LogP contribution in [0.25, 0.3) is 11.3 Å². The summed E-state index contributed by atoms with van der Waals surface area (Å²) in [5.74, 6) is 0.977. The van der Waals surface area contributed by atoms with E-state index in [9.17, 15) is 23.3 Å². The van der Waals surface area contributed by atoms with Gasteiger partial charge in [0, 0.05) is 37.5 Å². The van der Waals surface area contributed by atoms with Crippen molar-refractivity contribution in [1.82, 2.24) is 14.2 Å². The number of nitro groups is 1. The van der Waals surface area contributed by atoms with Crippen LogP contribution in [0.4, 0.5) is 5.69 Å². The van der Waals surface area contributed by atoms with Gasteiger partial charge in [-0.1, -0.05) is 42.5 Å². The number of piperazine rings is 1. The Morgan fingerprint density at radius 2 is 1.56 bits per heavy atom. The summed E-state index contributed by atoms with van der Waals surface area (Å²) in [5, 5.41) is 11.7. The van der Waals surface area contributed by atoms with Gasteiger partial charge in [0.05, 0.1) is 31.9 Å². The number of nitro benzene ring substituents is 1. The second-order valence-corrected chi connectivity index (χ2v) is 12.1. The molecule has 0 radical (unpaired) electrons.